The van der Waals surface area contributed by atoms with Gasteiger partial charge in [-0.2, -0.15) is 0 Å². The van der Waals surface area contributed by atoms with E-state index in [1.807, 2.05) is 0 Å². The van der Waals surface area contributed by atoms with Gasteiger partial charge in [0.25, 0.3) is 0 Å². The highest BCUT2D eigenvalue weighted by Gasteiger charge is 1.98. The Labute approximate surface area is 337 Å². The number of nitrogens with one attached hydrogen (secondary N) is 2. The number of unbranched alkanes of at least 4 members (excludes halogenated alkanes) is 38. The van der Waals surface area contributed by atoms with Crippen molar-refractivity contribution < 1.29 is 4.74 Å². The molecule has 0 saturated heterocycles. The van der Waals surface area contributed by atoms with Crippen LogP contribution in [0.5, 0.6) is 0 Å². The standard InChI is InChI=1S/C50H104N2O/c1-3-5-7-9-11-13-15-17-19-21-23-25-27-29-31-33-35-37-39-41-45-51-47-43-49-53-50-44-48-52-46-42-40-38-36-34-32-30-28-26-24-22-20-18-16-14-12-10-8-6-4-2/h51-52H,3-50H2,1-2H3. The van der Waals surface area contributed by atoms with Gasteiger partial charge < -0.3 is 15.4 Å². The molecule has 2 N–H and O–H groups in total. The summed E-state index contributed by atoms with van der Waals surface area (Å²) >= 11 is 0. The van der Waals surface area contributed by atoms with Gasteiger partial charge in [0.1, 0.15) is 0 Å². The molecule has 0 unspecified atom stereocenters. The molecule has 0 amide bonds. The molecule has 320 valence electrons. The zero-order chi connectivity index (χ0) is 38.1. The predicted octanol–water partition coefficient (Wildman–Crippen LogP) is 16.6. The zero-order valence-corrected chi connectivity index (χ0v) is 37.3. The first-order valence-electron chi connectivity index (χ1n) is 25.4. The minimum absolute atomic E-state index is 0.908. The molecule has 0 atom stereocenters. The summed E-state index contributed by atoms with van der Waals surface area (Å²) < 4.78 is 5.85. The first-order valence-corrected chi connectivity index (χ1v) is 25.4. The predicted molar refractivity (Wildman–Crippen MR) is 242 cm³/mol. The van der Waals surface area contributed by atoms with Crippen molar-refractivity contribution in [3.8, 4) is 0 Å². The van der Waals surface area contributed by atoms with Crippen LogP contribution in [-0.4, -0.2) is 39.4 Å². The van der Waals surface area contributed by atoms with Gasteiger partial charge in [-0.3, -0.25) is 0 Å². The average molecular weight is 749 g/mol. The van der Waals surface area contributed by atoms with Crippen molar-refractivity contribution in [2.45, 2.75) is 284 Å². The van der Waals surface area contributed by atoms with Crippen LogP contribution in [0.25, 0.3) is 0 Å². The van der Waals surface area contributed by atoms with Crippen molar-refractivity contribution in [1.82, 2.24) is 10.6 Å². The molecule has 0 spiro atoms. The normalized spacial score (nSPS) is 11.7. The lowest BCUT2D eigenvalue weighted by atomic mass is 10.0. The Hall–Kier alpha value is -0.120. The van der Waals surface area contributed by atoms with Crippen LogP contribution in [0, 0.1) is 0 Å². The number of hydrogen-bond donors (Lipinski definition) is 2. The maximum atomic E-state index is 5.85. The fourth-order valence-electron chi connectivity index (χ4n) is 7.96. The van der Waals surface area contributed by atoms with Crippen molar-refractivity contribution >= 4 is 0 Å². The summed E-state index contributed by atoms with van der Waals surface area (Å²) in [5.41, 5.74) is 0. The van der Waals surface area contributed by atoms with Crippen molar-refractivity contribution in [1.29, 1.82) is 0 Å². The van der Waals surface area contributed by atoms with Gasteiger partial charge in [0.2, 0.25) is 0 Å². The molecule has 0 saturated carbocycles. The largest absolute Gasteiger partial charge is 0.381 e. The second-order valence-corrected chi connectivity index (χ2v) is 17.3. The summed E-state index contributed by atoms with van der Waals surface area (Å²) in [6.45, 7) is 11.0. The van der Waals surface area contributed by atoms with Gasteiger partial charge in [-0.1, -0.05) is 258 Å². The molecule has 0 aromatic heterocycles. The molecule has 0 radical (unpaired) electrons. The Morgan fingerprint density at radius 1 is 0.208 bits per heavy atom. The molecule has 0 rings (SSSR count). The first kappa shape index (κ1) is 52.9. The molecular formula is C50H104N2O. The minimum Gasteiger partial charge on any atom is -0.381 e. The van der Waals surface area contributed by atoms with Crippen LogP contribution in [0.3, 0.4) is 0 Å². The molecule has 53 heavy (non-hydrogen) atoms. The minimum atomic E-state index is 0.908. The number of ether oxygens (including phenoxy) is 1. The van der Waals surface area contributed by atoms with Crippen molar-refractivity contribution in [2.75, 3.05) is 39.4 Å². The van der Waals surface area contributed by atoms with E-state index in [1.165, 1.54) is 270 Å². The highest BCUT2D eigenvalue weighted by atomic mass is 16.5. The molecule has 0 fully saturated rings. The molecule has 0 heterocycles. The number of rotatable bonds is 50. The van der Waals surface area contributed by atoms with E-state index in [4.69, 9.17) is 4.74 Å². The van der Waals surface area contributed by atoms with E-state index in [1.54, 1.807) is 0 Å². The monoisotopic (exact) mass is 749 g/mol. The quantitative estimate of drug-likeness (QED) is 0.0608. The summed E-state index contributed by atoms with van der Waals surface area (Å²) in [5, 5.41) is 7.24. The molecule has 0 aliphatic heterocycles. The highest BCUT2D eigenvalue weighted by molar-refractivity contribution is 4.55. The third kappa shape index (κ3) is 51.9. The fraction of sp³-hybridized carbons (Fsp3) is 1.00. The summed E-state index contributed by atoms with van der Waals surface area (Å²) in [6, 6.07) is 0. The fourth-order valence-corrected chi connectivity index (χ4v) is 7.96. The lowest BCUT2D eigenvalue weighted by molar-refractivity contribution is 0.129. The van der Waals surface area contributed by atoms with E-state index in [0.717, 1.165) is 39.1 Å². The van der Waals surface area contributed by atoms with Gasteiger partial charge in [0.05, 0.1) is 0 Å². The molecule has 3 nitrogen and oxygen atoms in total. The van der Waals surface area contributed by atoms with Crippen LogP contribution in [-0.2, 0) is 4.74 Å². The van der Waals surface area contributed by atoms with Crippen LogP contribution in [0.4, 0.5) is 0 Å². The summed E-state index contributed by atoms with van der Waals surface area (Å²) in [4.78, 5) is 0. The summed E-state index contributed by atoms with van der Waals surface area (Å²) in [6.07, 6.45) is 60.4. The van der Waals surface area contributed by atoms with E-state index in [-0.39, 0.29) is 0 Å². The van der Waals surface area contributed by atoms with Crippen molar-refractivity contribution in [3.05, 3.63) is 0 Å². The van der Waals surface area contributed by atoms with E-state index in [0.29, 0.717) is 0 Å². The Balaban J connectivity index is 3.05. The van der Waals surface area contributed by atoms with E-state index in [2.05, 4.69) is 24.5 Å². The third-order valence-corrected chi connectivity index (χ3v) is 11.7. The highest BCUT2D eigenvalue weighted by Crippen LogP contribution is 2.16. The molecule has 0 aromatic carbocycles. The van der Waals surface area contributed by atoms with Gasteiger partial charge >= 0.3 is 0 Å². The molecule has 3 heteroatoms. The van der Waals surface area contributed by atoms with Gasteiger partial charge in [-0.05, 0) is 51.9 Å². The van der Waals surface area contributed by atoms with E-state index < -0.39 is 0 Å². The molecule has 0 aliphatic rings. The Morgan fingerprint density at radius 2 is 0.377 bits per heavy atom. The smallest absolute Gasteiger partial charge is 0.0478 e. The lowest BCUT2D eigenvalue weighted by Crippen LogP contribution is -2.19. The van der Waals surface area contributed by atoms with Crippen LogP contribution in [0.15, 0.2) is 0 Å². The Bertz CT molecular complexity index is 548. The zero-order valence-electron chi connectivity index (χ0n) is 37.3. The van der Waals surface area contributed by atoms with Gasteiger partial charge in [0.15, 0.2) is 0 Å². The van der Waals surface area contributed by atoms with E-state index >= 15 is 0 Å². The number of hydrogen-bond acceptors (Lipinski definition) is 3. The molecular weight excluding hydrogens is 645 g/mol. The maximum Gasteiger partial charge on any atom is 0.0478 e. The molecule has 0 aliphatic carbocycles. The van der Waals surface area contributed by atoms with Gasteiger partial charge in [0, 0.05) is 13.2 Å². The van der Waals surface area contributed by atoms with Crippen molar-refractivity contribution in [2.24, 2.45) is 0 Å². The van der Waals surface area contributed by atoms with Crippen molar-refractivity contribution in [3.63, 3.8) is 0 Å². The lowest BCUT2D eigenvalue weighted by Gasteiger charge is -2.07. The molecule has 0 aromatic rings. The topological polar surface area (TPSA) is 33.3 Å². The second kappa shape index (κ2) is 51.9. The first-order chi connectivity index (χ1) is 26.4. The van der Waals surface area contributed by atoms with Gasteiger partial charge in [-0.25, -0.2) is 0 Å². The molecule has 0 bridgehead atoms. The van der Waals surface area contributed by atoms with Gasteiger partial charge in [-0.15, -0.1) is 0 Å². The Kier molecular flexibility index (Phi) is 51.8. The average Bonchev–Trinajstić information content (AvgIpc) is 3.17. The maximum absolute atomic E-state index is 5.85. The summed E-state index contributed by atoms with van der Waals surface area (Å²) in [7, 11) is 0. The van der Waals surface area contributed by atoms with E-state index in [9.17, 15) is 0 Å². The van der Waals surface area contributed by atoms with Crippen LogP contribution in [0.1, 0.15) is 284 Å². The second-order valence-electron chi connectivity index (χ2n) is 17.3. The van der Waals surface area contributed by atoms with Crippen LogP contribution in [0.2, 0.25) is 0 Å². The van der Waals surface area contributed by atoms with Crippen LogP contribution >= 0.6 is 0 Å². The third-order valence-electron chi connectivity index (χ3n) is 11.7. The SMILES string of the molecule is CCCCCCCCCCCCCCCCCCCCCCNCCCOCCCNCCCCCCCCCCCCCCCCCCCCCC. The summed E-state index contributed by atoms with van der Waals surface area (Å²) in [5.74, 6) is 0. The van der Waals surface area contributed by atoms with Crippen LogP contribution < -0.4 is 10.6 Å². The Morgan fingerprint density at radius 3 is 0.585 bits per heavy atom.